The molecule has 0 fully saturated rings. The molecular formula is C22H20ClN3OS. The van der Waals surface area contributed by atoms with Crippen LogP contribution in [0.4, 0.5) is 0 Å². The summed E-state index contributed by atoms with van der Waals surface area (Å²) in [5.41, 5.74) is 2.25. The molecule has 142 valence electrons. The molecule has 1 heterocycles. The van der Waals surface area contributed by atoms with Crippen molar-refractivity contribution in [3.05, 3.63) is 77.3 Å². The first kappa shape index (κ1) is 19.0. The molecule has 0 aliphatic rings. The fourth-order valence-electron chi connectivity index (χ4n) is 3.07. The zero-order chi connectivity index (χ0) is 19.3. The first-order chi connectivity index (χ1) is 13.7. The molecule has 0 spiro atoms. The predicted octanol–water partition coefficient (Wildman–Crippen LogP) is 5.69. The average Bonchev–Trinajstić information content (AvgIpc) is 3.13. The van der Waals surface area contributed by atoms with Crippen LogP contribution in [0.3, 0.4) is 0 Å². The SMILES string of the molecule is COCCn1c(SCc2ccc3ccccc3c2)nnc1-c1ccc(Cl)cc1. The fraction of sp³-hybridized carbons (Fsp3) is 0.182. The van der Waals surface area contributed by atoms with E-state index >= 15 is 0 Å². The van der Waals surface area contributed by atoms with Crippen LogP contribution in [0.25, 0.3) is 22.2 Å². The van der Waals surface area contributed by atoms with E-state index in [0.29, 0.717) is 18.2 Å². The highest BCUT2D eigenvalue weighted by Gasteiger charge is 2.14. The van der Waals surface area contributed by atoms with E-state index in [9.17, 15) is 0 Å². The zero-order valence-electron chi connectivity index (χ0n) is 15.5. The van der Waals surface area contributed by atoms with Crippen LogP contribution in [0.5, 0.6) is 0 Å². The maximum Gasteiger partial charge on any atom is 0.191 e. The number of fused-ring (bicyclic) bond motifs is 1. The second kappa shape index (κ2) is 8.78. The van der Waals surface area contributed by atoms with Crippen LogP contribution in [-0.2, 0) is 17.0 Å². The van der Waals surface area contributed by atoms with Gasteiger partial charge in [0.25, 0.3) is 0 Å². The van der Waals surface area contributed by atoms with Crippen molar-refractivity contribution in [3.8, 4) is 11.4 Å². The van der Waals surface area contributed by atoms with Gasteiger partial charge < -0.3 is 4.74 Å². The predicted molar refractivity (Wildman–Crippen MR) is 116 cm³/mol. The summed E-state index contributed by atoms with van der Waals surface area (Å²) >= 11 is 7.71. The van der Waals surface area contributed by atoms with E-state index in [1.54, 1.807) is 18.9 Å². The number of nitrogens with zero attached hydrogens (tertiary/aromatic N) is 3. The van der Waals surface area contributed by atoms with Crippen LogP contribution in [0.2, 0.25) is 5.02 Å². The molecule has 1 aromatic heterocycles. The number of rotatable bonds is 7. The quantitative estimate of drug-likeness (QED) is 0.367. The molecule has 0 aliphatic heterocycles. The lowest BCUT2D eigenvalue weighted by atomic mass is 10.1. The molecule has 0 saturated heterocycles. The Morgan fingerprint density at radius 2 is 1.75 bits per heavy atom. The molecule has 0 unspecified atom stereocenters. The Balaban J connectivity index is 1.58. The van der Waals surface area contributed by atoms with Crippen molar-refractivity contribution in [2.45, 2.75) is 17.5 Å². The van der Waals surface area contributed by atoms with Crippen LogP contribution < -0.4 is 0 Å². The number of benzene rings is 3. The van der Waals surface area contributed by atoms with Gasteiger partial charge in [-0.3, -0.25) is 4.57 Å². The Morgan fingerprint density at radius 3 is 2.54 bits per heavy atom. The zero-order valence-corrected chi connectivity index (χ0v) is 17.1. The van der Waals surface area contributed by atoms with Gasteiger partial charge in [-0.2, -0.15) is 0 Å². The van der Waals surface area contributed by atoms with E-state index < -0.39 is 0 Å². The fourth-order valence-corrected chi connectivity index (χ4v) is 4.10. The lowest BCUT2D eigenvalue weighted by molar-refractivity contribution is 0.185. The minimum atomic E-state index is 0.599. The second-order valence-electron chi connectivity index (χ2n) is 6.43. The van der Waals surface area contributed by atoms with Gasteiger partial charge in [-0.25, -0.2) is 0 Å². The maximum atomic E-state index is 6.02. The molecule has 3 aromatic carbocycles. The average molecular weight is 410 g/mol. The van der Waals surface area contributed by atoms with Crippen molar-refractivity contribution in [1.82, 2.24) is 14.8 Å². The van der Waals surface area contributed by atoms with Crippen LogP contribution in [-0.4, -0.2) is 28.5 Å². The van der Waals surface area contributed by atoms with Crippen molar-refractivity contribution >= 4 is 34.1 Å². The Labute approximate surface area is 173 Å². The van der Waals surface area contributed by atoms with Gasteiger partial charge in [-0.1, -0.05) is 65.8 Å². The van der Waals surface area contributed by atoms with E-state index in [1.165, 1.54) is 16.3 Å². The molecular weight excluding hydrogens is 390 g/mol. The number of methoxy groups -OCH3 is 1. The monoisotopic (exact) mass is 409 g/mol. The highest BCUT2D eigenvalue weighted by molar-refractivity contribution is 7.98. The second-order valence-corrected chi connectivity index (χ2v) is 7.81. The van der Waals surface area contributed by atoms with Crippen LogP contribution >= 0.6 is 23.4 Å². The van der Waals surface area contributed by atoms with Gasteiger partial charge in [-0.15, -0.1) is 10.2 Å². The highest BCUT2D eigenvalue weighted by atomic mass is 35.5. The third kappa shape index (κ3) is 4.22. The van der Waals surface area contributed by atoms with Crippen molar-refractivity contribution in [3.63, 3.8) is 0 Å². The molecule has 28 heavy (non-hydrogen) atoms. The van der Waals surface area contributed by atoms with Gasteiger partial charge in [-0.05, 0) is 40.6 Å². The van der Waals surface area contributed by atoms with Gasteiger partial charge in [0.2, 0.25) is 0 Å². The molecule has 4 nitrogen and oxygen atoms in total. The standard InChI is InChI=1S/C22H20ClN3OS/c1-27-13-12-26-21(18-8-10-20(23)11-9-18)24-25-22(26)28-15-16-6-7-17-4-2-3-5-19(17)14-16/h2-11,14H,12-13,15H2,1H3. The molecule has 0 radical (unpaired) electrons. The lowest BCUT2D eigenvalue weighted by Gasteiger charge is -2.10. The van der Waals surface area contributed by atoms with Crippen molar-refractivity contribution < 1.29 is 4.74 Å². The summed E-state index contributed by atoms with van der Waals surface area (Å²) in [6, 6.07) is 22.6. The molecule has 0 atom stereocenters. The molecule has 0 aliphatic carbocycles. The summed E-state index contributed by atoms with van der Waals surface area (Å²) in [4.78, 5) is 0. The van der Waals surface area contributed by atoms with E-state index in [-0.39, 0.29) is 0 Å². The molecule has 0 amide bonds. The smallest absolute Gasteiger partial charge is 0.191 e. The van der Waals surface area contributed by atoms with Crippen LogP contribution in [0.1, 0.15) is 5.56 Å². The first-order valence-corrected chi connectivity index (χ1v) is 10.4. The Hall–Kier alpha value is -2.34. The van der Waals surface area contributed by atoms with Gasteiger partial charge in [0.1, 0.15) is 0 Å². The third-order valence-corrected chi connectivity index (χ3v) is 5.81. The topological polar surface area (TPSA) is 39.9 Å². The maximum absolute atomic E-state index is 6.02. The molecule has 0 bridgehead atoms. The molecule has 4 rings (SSSR count). The summed E-state index contributed by atoms with van der Waals surface area (Å²) in [6.45, 7) is 1.30. The van der Waals surface area contributed by atoms with E-state index in [2.05, 4.69) is 57.2 Å². The van der Waals surface area contributed by atoms with Gasteiger partial charge in [0, 0.05) is 23.4 Å². The van der Waals surface area contributed by atoms with Crippen LogP contribution in [0, 0.1) is 0 Å². The molecule has 0 N–H and O–H groups in total. The van der Waals surface area contributed by atoms with Gasteiger partial charge in [0.05, 0.1) is 13.2 Å². The summed E-state index contributed by atoms with van der Waals surface area (Å²) < 4.78 is 7.39. The first-order valence-electron chi connectivity index (χ1n) is 9.03. The summed E-state index contributed by atoms with van der Waals surface area (Å²) in [5, 5.41) is 13.0. The van der Waals surface area contributed by atoms with Gasteiger partial charge in [0.15, 0.2) is 11.0 Å². The number of ether oxygens (including phenoxy) is 1. The molecule has 6 heteroatoms. The number of thioether (sulfide) groups is 1. The van der Waals surface area contributed by atoms with Crippen molar-refractivity contribution in [2.75, 3.05) is 13.7 Å². The Morgan fingerprint density at radius 1 is 0.964 bits per heavy atom. The summed E-state index contributed by atoms with van der Waals surface area (Å²) in [6.07, 6.45) is 0. The minimum absolute atomic E-state index is 0.599. The van der Waals surface area contributed by atoms with Crippen molar-refractivity contribution in [2.24, 2.45) is 0 Å². The minimum Gasteiger partial charge on any atom is -0.383 e. The Kier molecular flexibility index (Phi) is 5.95. The number of hydrogen-bond acceptors (Lipinski definition) is 4. The third-order valence-electron chi connectivity index (χ3n) is 4.52. The summed E-state index contributed by atoms with van der Waals surface area (Å²) in [5.74, 6) is 1.66. The Bertz CT molecular complexity index is 1080. The van der Waals surface area contributed by atoms with E-state index in [4.69, 9.17) is 16.3 Å². The molecule has 0 saturated carbocycles. The molecule has 4 aromatic rings. The number of aromatic nitrogens is 3. The highest BCUT2D eigenvalue weighted by Crippen LogP contribution is 2.28. The lowest BCUT2D eigenvalue weighted by Crippen LogP contribution is -2.07. The largest absolute Gasteiger partial charge is 0.383 e. The number of hydrogen-bond donors (Lipinski definition) is 0. The normalized spacial score (nSPS) is 11.2. The van der Waals surface area contributed by atoms with E-state index in [1.807, 2.05) is 24.3 Å². The summed E-state index contributed by atoms with van der Waals surface area (Å²) in [7, 11) is 1.70. The van der Waals surface area contributed by atoms with Gasteiger partial charge >= 0.3 is 0 Å². The number of halogens is 1. The van der Waals surface area contributed by atoms with E-state index in [0.717, 1.165) is 22.3 Å². The van der Waals surface area contributed by atoms with Crippen molar-refractivity contribution in [1.29, 1.82) is 0 Å². The van der Waals surface area contributed by atoms with Crippen LogP contribution in [0.15, 0.2) is 71.9 Å².